The maximum Gasteiger partial charge on any atom is 0.352 e. The predicted molar refractivity (Wildman–Crippen MR) is 144 cm³/mol. The molecule has 2 amide bonds. The minimum Gasteiger partial charge on any atom is -0.463 e. The van der Waals surface area contributed by atoms with Crippen molar-refractivity contribution in [2.75, 3.05) is 4.90 Å². The van der Waals surface area contributed by atoms with Gasteiger partial charge >= 0.3 is 11.4 Å². The Morgan fingerprint density at radius 3 is 2.23 bits per heavy atom. The van der Waals surface area contributed by atoms with Crippen LogP contribution in [0.3, 0.4) is 0 Å². The van der Waals surface area contributed by atoms with Crippen molar-refractivity contribution in [1.82, 2.24) is 13.9 Å². The first-order valence-corrected chi connectivity index (χ1v) is 13.2. The van der Waals surface area contributed by atoms with E-state index in [9.17, 15) is 24.3 Å². The van der Waals surface area contributed by atoms with Gasteiger partial charge in [0.05, 0.1) is 41.2 Å². The monoisotopic (exact) mass is 538 g/mol. The number of anilines is 1. The van der Waals surface area contributed by atoms with Gasteiger partial charge in [0.2, 0.25) is 11.8 Å². The third kappa shape index (κ3) is 3.13. The third-order valence-electron chi connectivity index (χ3n) is 8.69. The number of aromatic nitrogens is 3. The maximum absolute atomic E-state index is 14.2. The summed E-state index contributed by atoms with van der Waals surface area (Å²) in [5.74, 6) is -1.44. The number of nitrogens with zero attached hydrogens (tertiary/aromatic N) is 4. The van der Waals surface area contributed by atoms with Crippen molar-refractivity contribution in [3.8, 4) is 5.69 Å². The van der Waals surface area contributed by atoms with Crippen LogP contribution in [0.15, 0.2) is 98.5 Å². The number of imide groups is 1. The number of hydrogen-bond acceptors (Lipinski definition) is 6. The molecule has 1 aliphatic carbocycles. The van der Waals surface area contributed by atoms with E-state index < -0.39 is 34.7 Å². The topological polar surface area (TPSA) is 120 Å². The summed E-state index contributed by atoms with van der Waals surface area (Å²) in [5.41, 5.74) is -0.539. The molecule has 2 aromatic heterocycles. The summed E-state index contributed by atoms with van der Waals surface area (Å²) in [7, 11) is 0. The molecule has 4 atom stereocenters. The smallest absolute Gasteiger partial charge is 0.352 e. The van der Waals surface area contributed by atoms with Crippen molar-refractivity contribution in [3.63, 3.8) is 0 Å². The molecule has 4 unspecified atom stereocenters. The second-order valence-corrected chi connectivity index (χ2v) is 10.7. The first-order valence-electron chi connectivity index (χ1n) is 13.2. The number of aliphatic hydroxyl groups excluding tert-OH is 1. The Bertz CT molecular complexity index is 1810. The zero-order valence-corrected chi connectivity index (χ0v) is 21.6. The maximum atomic E-state index is 14.2. The van der Waals surface area contributed by atoms with Crippen LogP contribution >= 0.6 is 0 Å². The number of carbonyl (C=O) groups is 2. The van der Waals surface area contributed by atoms with Crippen LogP contribution in [0.25, 0.3) is 5.69 Å². The highest BCUT2D eigenvalue weighted by atomic mass is 16.4. The Kier molecular flexibility index (Phi) is 5.27. The van der Waals surface area contributed by atoms with Crippen molar-refractivity contribution < 1.29 is 19.1 Å². The number of furan rings is 1. The highest BCUT2D eigenvalue weighted by Crippen LogP contribution is 2.61. The summed E-state index contributed by atoms with van der Waals surface area (Å²) in [4.78, 5) is 56.8. The van der Waals surface area contributed by atoms with Gasteiger partial charge in [0.15, 0.2) is 0 Å². The van der Waals surface area contributed by atoms with Gasteiger partial charge in [-0.3, -0.25) is 9.59 Å². The number of aliphatic hydroxyl groups is 1. The summed E-state index contributed by atoms with van der Waals surface area (Å²) >= 11 is 0. The molecule has 1 saturated heterocycles. The fourth-order valence-electron chi connectivity index (χ4n) is 6.83. The molecule has 202 valence electrons. The van der Waals surface area contributed by atoms with Gasteiger partial charge in [0.1, 0.15) is 18.1 Å². The predicted octanol–water partition coefficient (Wildman–Crippen LogP) is 2.75. The Hall–Kier alpha value is -4.70. The lowest BCUT2D eigenvalue weighted by atomic mass is 9.58. The van der Waals surface area contributed by atoms with Crippen molar-refractivity contribution in [2.24, 2.45) is 11.3 Å². The van der Waals surface area contributed by atoms with E-state index in [1.165, 1.54) is 14.3 Å². The SMILES string of the molecule is CC12C(=O)N(c3ccccc3)C(=O)C1CC1C(=CCn3c(=O)n(-c4ccccc4)c(=O)n31)C2c1ccc(CO)o1. The molecule has 1 N–H and O–H groups in total. The van der Waals surface area contributed by atoms with E-state index in [0.717, 1.165) is 10.1 Å². The summed E-state index contributed by atoms with van der Waals surface area (Å²) in [6, 6.07) is 20.2. The molecule has 40 heavy (non-hydrogen) atoms. The molecular formula is C30H26N4O6. The molecule has 4 heterocycles. The molecule has 2 aromatic carbocycles. The van der Waals surface area contributed by atoms with E-state index in [0.29, 0.717) is 22.9 Å². The van der Waals surface area contributed by atoms with Gasteiger partial charge in [0, 0.05) is 0 Å². The number of rotatable bonds is 4. The quantitative estimate of drug-likeness (QED) is 0.315. The standard InChI is InChI=1S/C30H26N4O6/c1-30-22(26(36)32(27(30)37)18-8-4-2-5-9-18)16-23-21(25(30)24-13-12-20(17-35)40-24)14-15-31-28(38)33(29(39)34(23)31)19-10-6-3-7-11-19/h2-14,22-23,25,35H,15-17H2,1H3. The van der Waals surface area contributed by atoms with Crippen molar-refractivity contribution >= 4 is 17.5 Å². The average molecular weight is 539 g/mol. The number of allylic oxidation sites excluding steroid dienone is 2. The van der Waals surface area contributed by atoms with Crippen LogP contribution in [-0.2, 0) is 22.7 Å². The molecule has 2 fully saturated rings. The molecule has 10 nitrogen and oxygen atoms in total. The molecule has 7 rings (SSSR count). The third-order valence-corrected chi connectivity index (χ3v) is 8.69. The lowest BCUT2D eigenvalue weighted by Gasteiger charge is -2.45. The van der Waals surface area contributed by atoms with Gasteiger partial charge in [-0.05, 0) is 55.3 Å². The molecule has 2 aliphatic heterocycles. The van der Waals surface area contributed by atoms with Crippen LogP contribution in [0.2, 0.25) is 0 Å². The molecule has 0 bridgehead atoms. The number of para-hydroxylation sites is 2. The normalized spacial score (nSPS) is 25.4. The van der Waals surface area contributed by atoms with E-state index in [-0.39, 0.29) is 31.4 Å². The molecule has 0 spiro atoms. The second kappa shape index (κ2) is 8.65. The molecule has 0 radical (unpaired) electrons. The number of fused-ring (bicyclic) bond motifs is 4. The number of hydrogen-bond donors (Lipinski definition) is 1. The molecular weight excluding hydrogens is 512 g/mol. The Morgan fingerprint density at radius 1 is 0.900 bits per heavy atom. The number of carbonyl (C=O) groups excluding carboxylic acids is 2. The van der Waals surface area contributed by atoms with E-state index in [1.807, 2.05) is 12.1 Å². The minimum atomic E-state index is -1.21. The molecule has 10 heteroatoms. The molecule has 3 aliphatic rings. The van der Waals surface area contributed by atoms with Crippen LogP contribution in [0, 0.1) is 11.3 Å². The molecule has 1 saturated carbocycles. The summed E-state index contributed by atoms with van der Waals surface area (Å²) in [5, 5.41) is 9.70. The zero-order valence-electron chi connectivity index (χ0n) is 21.6. The number of benzene rings is 2. The lowest BCUT2D eigenvalue weighted by molar-refractivity contribution is -0.129. The van der Waals surface area contributed by atoms with Crippen LogP contribution in [0.5, 0.6) is 0 Å². The van der Waals surface area contributed by atoms with E-state index in [4.69, 9.17) is 4.42 Å². The van der Waals surface area contributed by atoms with Crippen LogP contribution in [-0.4, -0.2) is 30.9 Å². The van der Waals surface area contributed by atoms with Crippen molar-refractivity contribution in [1.29, 1.82) is 0 Å². The fraction of sp³-hybridized carbons (Fsp3) is 0.267. The summed E-state index contributed by atoms with van der Waals surface area (Å²) < 4.78 is 9.95. The Morgan fingerprint density at radius 2 is 1.57 bits per heavy atom. The van der Waals surface area contributed by atoms with Crippen molar-refractivity contribution in [2.45, 2.75) is 38.5 Å². The Balaban J connectivity index is 1.43. The first-order chi connectivity index (χ1) is 19.4. The van der Waals surface area contributed by atoms with Gasteiger partial charge in [-0.15, -0.1) is 0 Å². The van der Waals surface area contributed by atoms with E-state index in [1.54, 1.807) is 73.7 Å². The highest BCUT2D eigenvalue weighted by molar-refractivity contribution is 6.24. The van der Waals surface area contributed by atoms with E-state index in [2.05, 4.69) is 0 Å². The largest absolute Gasteiger partial charge is 0.463 e. The number of amides is 2. The Labute approximate surface area is 228 Å². The van der Waals surface area contributed by atoms with Gasteiger partial charge in [-0.2, -0.15) is 0 Å². The lowest BCUT2D eigenvalue weighted by Crippen LogP contribution is -2.49. The van der Waals surface area contributed by atoms with Crippen LogP contribution in [0.4, 0.5) is 5.69 Å². The van der Waals surface area contributed by atoms with Crippen LogP contribution in [0.1, 0.15) is 36.8 Å². The molecule has 4 aromatic rings. The van der Waals surface area contributed by atoms with Gasteiger partial charge < -0.3 is 9.52 Å². The zero-order chi connectivity index (χ0) is 27.8. The average Bonchev–Trinajstić information content (AvgIpc) is 3.60. The van der Waals surface area contributed by atoms with Crippen LogP contribution < -0.4 is 16.3 Å². The first kappa shape index (κ1) is 24.3. The van der Waals surface area contributed by atoms with Gasteiger partial charge in [-0.25, -0.2) is 28.4 Å². The minimum absolute atomic E-state index is 0.120. The fourth-order valence-corrected chi connectivity index (χ4v) is 6.83. The van der Waals surface area contributed by atoms with Gasteiger partial charge in [0.25, 0.3) is 0 Å². The highest BCUT2D eigenvalue weighted by Gasteiger charge is 2.66. The van der Waals surface area contributed by atoms with Crippen molar-refractivity contribution in [3.05, 3.63) is 117 Å². The summed E-state index contributed by atoms with van der Waals surface area (Å²) in [6.45, 7) is 1.58. The van der Waals surface area contributed by atoms with E-state index >= 15 is 0 Å². The second-order valence-electron chi connectivity index (χ2n) is 10.7. The summed E-state index contributed by atoms with van der Waals surface area (Å²) in [6.07, 6.45) is 2.04. The van der Waals surface area contributed by atoms with Gasteiger partial charge in [-0.1, -0.05) is 42.5 Å².